The summed E-state index contributed by atoms with van der Waals surface area (Å²) in [6, 6.07) is 10.1. The number of amides is 1. The number of carbonyl (C=O) groups excluding carboxylic acids is 1. The van der Waals surface area contributed by atoms with E-state index in [1.54, 1.807) is 9.30 Å². The number of nitrogens with zero attached hydrogens (tertiary/aromatic N) is 5. The molecule has 0 aliphatic heterocycles. The highest BCUT2D eigenvalue weighted by atomic mass is 32.1. The van der Waals surface area contributed by atoms with Crippen LogP contribution in [0.25, 0.3) is 21.9 Å². The predicted molar refractivity (Wildman–Crippen MR) is 132 cm³/mol. The third-order valence-corrected chi connectivity index (χ3v) is 6.89. The maximum absolute atomic E-state index is 13.7. The molecule has 7 nitrogen and oxygen atoms in total. The van der Waals surface area contributed by atoms with E-state index in [0.29, 0.717) is 40.7 Å². The van der Waals surface area contributed by atoms with Crippen LogP contribution >= 0.6 is 11.3 Å². The maximum atomic E-state index is 13.7. The van der Waals surface area contributed by atoms with E-state index in [0.717, 1.165) is 17.8 Å². The van der Waals surface area contributed by atoms with Gasteiger partial charge in [-0.15, -0.1) is 11.3 Å². The summed E-state index contributed by atoms with van der Waals surface area (Å²) >= 11 is 1.38. The van der Waals surface area contributed by atoms with Crippen LogP contribution < -0.4 is 5.56 Å². The van der Waals surface area contributed by atoms with Crippen LogP contribution in [-0.4, -0.2) is 43.1 Å². The van der Waals surface area contributed by atoms with E-state index < -0.39 is 0 Å². The first-order valence-electron chi connectivity index (χ1n) is 11.3. The first-order chi connectivity index (χ1) is 15.9. The third-order valence-electron chi connectivity index (χ3n) is 6.01. The average Bonchev–Trinajstić information content (AvgIpc) is 3.37. The van der Waals surface area contributed by atoms with Crippen LogP contribution in [0.15, 0.2) is 40.5 Å². The molecule has 0 aliphatic carbocycles. The summed E-state index contributed by atoms with van der Waals surface area (Å²) in [5.74, 6) is 0.00465. The van der Waals surface area contributed by atoms with Crippen LogP contribution in [0.1, 0.15) is 43.4 Å². The van der Waals surface area contributed by atoms with Crippen molar-refractivity contribution in [2.45, 2.75) is 47.5 Å². The lowest BCUT2D eigenvalue weighted by Gasteiger charge is -2.18. The normalized spacial score (nSPS) is 11.3. The number of hydrogen-bond donors (Lipinski definition) is 0. The van der Waals surface area contributed by atoms with Gasteiger partial charge in [0, 0.05) is 29.9 Å². The van der Waals surface area contributed by atoms with Gasteiger partial charge in [-0.2, -0.15) is 5.10 Å². The lowest BCUT2D eigenvalue weighted by molar-refractivity contribution is -0.130. The molecule has 0 bridgehead atoms. The quantitative estimate of drug-likeness (QED) is 0.412. The summed E-state index contributed by atoms with van der Waals surface area (Å²) < 4.78 is 3.46. The number of likely N-dealkylation sites (N-methyl/N-ethyl adjacent to an activating group) is 1. The molecular formula is C25H29N5O2S. The molecule has 4 aromatic rings. The number of benzene rings is 1. The summed E-state index contributed by atoms with van der Waals surface area (Å²) in [4.78, 5) is 33.4. The highest BCUT2D eigenvalue weighted by Gasteiger charge is 2.21. The molecule has 0 saturated carbocycles. The maximum Gasteiger partial charge on any atom is 0.268 e. The fourth-order valence-electron chi connectivity index (χ4n) is 4.22. The Morgan fingerprint density at radius 1 is 1.12 bits per heavy atom. The average molecular weight is 464 g/mol. The molecule has 172 valence electrons. The van der Waals surface area contributed by atoms with Crippen molar-refractivity contribution in [2.24, 2.45) is 0 Å². The molecule has 33 heavy (non-hydrogen) atoms. The van der Waals surface area contributed by atoms with E-state index in [4.69, 9.17) is 5.10 Å². The molecule has 1 aromatic carbocycles. The van der Waals surface area contributed by atoms with E-state index in [2.05, 4.69) is 18.0 Å². The van der Waals surface area contributed by atoms with E-state index in [1.807, 2.05) is 62.0 Å². The largest absolute Gasteiger partial charge is 0.343 e. The molecule has 1 amide bonds. The minimum Gasteiger partial charge on any atom is -0.343 e. The molecule has 4 rings (SSSR count). The van der Waals surface area contributed by atoms with E-state index in [-0.39, 0.29) is 17.9 Å². The van der Waals surface area contributed by atoms with Gasteiger partial charge in [0.25, 0.3) is 5.56 Å². The van der Waals surface area contributed by atoms with Crippen LogP contribution in [0.3, 0.4) is 0 Å². The van der Waals surface area contributed by atoms with Crippen molar-refractivity contribution in [1.82, 2.24) is 24.1 Å². The van der Waals surface area contributed by atoms with Crippen molar-refractivity contribution < 1.29 is 4.79 Å². The fraction of sp³-hybridized carbons (Fsp3) is 0.360. The predicted octanol–water partition coefficient (Wildman–Crippen LogP) is 4.20. The highest BCUT2D eigenvalue weighted by Crippen LogP contribution is 2.25. The second-order valence-electron chi connectivity index (χ2n) is 8.03. The van der Waals surface area contributed by atoms with Gasteiger partial charge >= 0.3 is 0 Å². The zero-order valence-corrected chi connectivity index (χ0v) is 20.6. The molecule has 0 N–H and O–H groups in total. The molecule has 0 fully saturated rings. The third kappa shape index (κ3) is 4.11. The number of aromatic nitrogens is 4. The molecular weight excluding hydrogens is 434 g/mol. The van der Waals surface area contributed by atoms with Gasteiger partial charge in [0.1, 0.15) is 5.69 Å². The van der Waals surface area contributed by atoms with Crippen LogP contribution in [0.5, 0.6) is 0 Å². The summed E-state index contributed by atoms with van der Waals surface area (Å²) in [5, 5.41) is 6.67. The molecule has 0 radical (unpaired) electrons. The number of hydrogen-bond acceptors (Lipinski definition) is 5. The Balaban J connectivity index is 1.83. The molecule has 0 aliphatic rings. The lowest BCUT2D eigenvalue weighted by Crippen LogP contribution is -2.32. The number of carbonyl (C=O) groups is 1. The number of rotatable bonds is 7. The monoisotopic (exact) mass is 463 g/mol. The zero-order valence-electron chi connectivity index (χ0n) is 19.8. The van der Waals surface area contributed by atoms with Crippen molar-refractivity contribution in [2.75, 3.05) is 13.1 Å². The topological polar surface area (TPSA) is 72.5 Å². The van der Waals surface area contributed by atoms with Crippen molar-refractivity contribution in [3.63, 3.8) is 0 Å². The first kappa shape index (κ1) is 22.9. The second-order valence-corrected chi connectivity index (χ2v) is 8.87. The Kier molecular flexibility index (Phi) is 6.47. The van der Waals surface area contributed by atoms with Gasteiger partial charge in [0.05, 0.1) is 23.4 Å². The minimum atomic E-state index is -0.186. The molecule has 0 atom stereocenters. The van der Waals surface area contributed by atoms with Crippen LogP contribution in [0, 0.1) is 13.8 Å². The van der Waals surface area contributed by atoms with Crippen molar-refractivity contribution >= 4 is 22.2 Å². The summed E-state index contributed by atoms with van der Waals surface area (Å²) in [6.07, 6.45) is 1.06. The number of para-hydroxylation sites is 1. The van der Waals surface area contributed by atoms with Crippen molar-refractivity contribution in [3.05, 3.63) is 68.7 Å². The molecule has 0 unspecified atom stereocenters. The standard InChI is InChI=1S/C25H29N5O2S/c1-6-18-11-9-10-12-21(18)30-16(4)13-20(27-30)23-17(5)26-25-29(24(23)32)19(15-33-25)14-22(31)28(7-2)8-3/h9-13,15H,6-8,14H2,1-5H3. The lowest BCUT2D eigenvalue weighted by atomic mass is 10.1. The highest BCUT2D eigenvalue weighted by molar-refractivity contribution is 7.15. The molecule has 0 spiro atoms. The summed E-state index contributed by atoms with van der Waals surface area (Å²) in [5.41, 5.74) is 5.32. The summed E-state index contributed by atoms with van der Waals surface area (Å²) in [6.45, 7) is 11.1. The molecule has 3 heterocycles. The van der Waals surface area contributed by atoms with Gasteiger partial charge in [0.15, 0.2) is 4.96 Å². The number of thiazole rings is 1. The Bertz CT molecular complexity index is 1380. The van der Waals surface area contributed by atoms with Gasteiger partial charge in [-0.1, -0.05) is 25.1 Å². The Morgan fingerprint density at radius 2 is 1.85 bits per heavy atom. The van der Waals surface area contributed by atoms with E-state index in [9.17, 15) is 9.59 Å². The molecule has 3 aromatic heterocycles. The van der Waals surface area contributed by atoms with Crippen molar-refractivity contribution in [1.29, 1.82) is 0 Å². The first-order valence-corrected chi connectivity index (χ1v) is 12.2. The zero-order chi connectivity index (χ0) is 23.7. The Hall–Kier alpha value is -3.26. The van der Waals surface area contributed by atoms with Gasteiger partial charge in [-0.25, -0.2) is 9.67 Å². The summed E-state index contributed by atoms with van der Waals surface area (Å²) in [7, 11) is 0. The van der Waals surface area contributed by atoms with Crippen LogP contribution in [0.2, 0.25) is 0 Å². The van der Waals surface area contributed by atoms with Gasteiger partial charge in [-0.3, -0.25) is 14.0 Å². The second kappa shape index (κ2) is 9.31. The van der Waals surface area contributed by atoms with E-state index >= 15 is 0 Å². The Morgan fingerprint density at radius 3 is 2.55 bits per heavy atom. The van der Waals surface area contributed by atoms with E-state index in [1.165, 1.54) is 16.9 Å². The Labute approximate surface area is 197 Å². The number of fused-ring (bicyclic) bond motifs is 1. The smallest absolute Gasteiger partial charge is 0.268 e. The molecule has 0 saturated heterocycles. The van der Waals surface area contributed by atoms with Crippen molar-refractivity contribution in [3.8, 4) is 16.9 Å². The SMILES string of the molecule is CCc1ccccc1-n1nc(-c2c(C)nc3scc(CC(=O)N(CC)CC)n3c2=O)cc1C. The van der Waals surface area contributed by atoms with Crippen LogP contribution in [-0.2, 0) is 17.6 Å². The fourth-order valence-corrected chi connectivity index (χ4v) is 5.15. The van der Waals surface area contributed by atoms with Crippen LogP contribution in [0.4, 0.5) is 0 Å². The number of aryl methyl sites for hydroxylation is 3. The van der Waals surface area contributed by atoms with Gasteiger partial charge in [0.2, 0.25) is 5.91 Å². The molecule has 8 heteroatoms. The van der Waals surface area contributed by atoms with Gasteiger partial charge in [-0.05, 0) is 51.8 Å². The van der Waals surface area contributed by atoms with Gasteiger partial charge < -0.3 is 4.90 Å². The minimum absolute atomic E-state index is 0.00465.